The Balaban J connectivity index is 1.75. The molecule has 0 saturated carbocycles. The number of thioether (sulfide) groups is 1. The zero-order chi connectivity index (χ0) is 27.8. The van der Waals surface area contributed by atoms with Crippen molar-refractivity contribution in [1.29, 1.82) is 0 Å². The number of ether oxygens (including phenoxy) is 4. The van der Waals surface area contributed by atoms with E-state index in [-0.39, 0.29) is 35.4 Å². The number of oxime groups is 1. The van der Waals surface area contributed by atoms with E-state index in [0.717, 1.165) is 11.3 Å². The molecule has 17 heteroatoms. The summed E-state index contributed by atoms with van der Waals surface area (Å²) in [7, 11) is 2.68. The van der Waals surface area contributed by atoms with Gasteiger partial charge in [0, 0.05) is 25.2 Å². The van der Waals surface area contributed by atoms with Crippen LogP contribution in [-0.2, 0) is 43.0 Å². The lowest BCUT2D eigenvalue weighted by molar-refractivity contribution is -0.169. The number of esters is 1. The first-order chi connectivity index (χ1) is 18.2. The van der Waals surface area contributed by atoms with Gasteiger partial charge in [0.2, 0.25) is 12.7 Å². The number of nitrogens with zero attached hydrogens (tertiary/aromatic N) is 3. The Labute approximate surface area is 224 Å². The van der Waals surface area contributed by atoms with Gasteiger partial charge in [0.15, 0.2) is 10.8 Å². The molecule has 3 rings (SSSR count). The second kappa shape index (κ2) is 13.2. The molecule has 0 bridgehead atoms. The Bertz CT molecular complexity index is 1150. The van der Waals surface area contributed by atoms with E-state index < -0.39 is 41.6 Å². The number of methoxy groups -OCH3 is 1. The number of carbonyl (C=O) groups is 5. The number of fused-ring (bicyclic) bond motifs is 1. The van der Waals surface area contributed by atoms with Crippen LogP contribution < -0.4 is 10.6 Å². The maximum atomic E-state index is 13.1. The van der Waals surface area contributed by atoms with Gasteiger partial charge in [-0.1, -0.05) is 5.16 Å². The minimum Gasteiger partial charge on any atom is -0.435 e. The molecule has 1 saturated heterocycles. The quantitative estimate of drug-likeness (QED) is 0.0882. The third-order valence-corrected chi connectivity index (χ3v) is 7.08. The fourth-order valence-electron chi connectivity index (χ4n) is 3.48. The van der Waals surface area contributed by atoms with Gasteiger partial charge in [0.25, 0.3) is 11.8 Å². The van der Waals surface area contributed by atoms with Crippen LogP contribution in [0.2, 0.25) is 0 Å². The molecule has 38 heavy (non-hydrogen) atoms. The molecule has 0 spiro atoms. The first kappa shape index (κ1) is 28.9. The van der Waals surface area contributed by atoms with Crippen molar-refractivity contribution in [2.75, 3.05) is 38.5 Å². The topological polar surface area (TPSA) is 184 Å². The predicted molar refractivity (Wildman–Crippen MR) is 133 cm³/mol. The summed E-state index contributed by atoms with van der Waals surface area (Å²) in [4.78, 5) is 71.4. The van der Waals surface area contributed by atoms with Gasteiger partial charge in [0.1, 0.15) is 29.9 Å². The summed E-state index contributed by atoms with van der Waals surface area (Å²) < 4.78 is 19.9. The Morgan fingerprint density at radius 1 is 1.32 bits per heavy atom. The third kappa shape index (κ3) is 6.40. The van der Waals surface area contributed by atoms with E-state index in [9.17, 15) is 24.0 Å². The summed E-state index contributed by atoms with van der Waals surface area (Å²) in [5.74, 6) is -1.93. The number of hydrogen-bond acceptors (Lipinski definition) is 14. The van der Waals surface area contributed by atoms with Crippen molar-refractivity contribution < 1.29 is 47.8 Å². The van der Waals surface area contributed by atoms with E-state index in [1.807, 2.05) is 0 Å². The van der Waals surface area contributed by atoms with Gasteiger partial charge >= 0.3 is 12.1 Å². The average molecular weight is 572 g/mol. The number of rotatable bonds is 12. The lowest BCUT2D eigenvalue weighted by Gasteiger charge is -2.49. The van der Waals surface area contributed by atoms with Gasteiger partial charge in [-0.05, 0) is 12.5 Å². The maximum absolute atomic E-state index is 13.1. The Morgan fingerprint density at radius 2 is 2.08 bits per heavy atom. The molecular weight excluding hydrogens is 546 g/mol. The zero-order valence-corrected chi connectivity index (χ0v) is 22.4. The predicted octanol–water partition coefficient (Wildman–Crippen LogP) is 0.425. The zero-order valence-electron chi connectivity index (χ0n) is 20.7. The lowest BCUT2D eigenvalue weighted by atomic mass is 10.0. The first-order valence-corrected chi connectivity index (χ1v) is 13.0. The number of β-lactam (4-membered cyclic amide) rings is 1. The van der Waals surface area contributed by atoms with Crippen molar-refractivity contribution in [2.45, 2.75) is 31.6 Å². The van der Waals surface area contributed by atoms with Crippen LogP contribution in [0.5, 0.6) is 0 Å². The van der Waals surface area contributed by atoms with E-state index in [4.69, 9.17) is 19.0 Å². The van der Waals surface area contributed by atoms with E-state index in [1.54, 1.807) is 6.92 Å². The van der Waals surface area contributed by atoms with Gasteiger partial charge in [-0.15, -0.1) is 23.1 Å². The molecule has 3 amide bonds. The molecule has 1 aromatic rings. The fraction of sp³-hybridized carbons (Fsp3) is 0.476. The summed E-state index contributed by atoms with van der Waals surface area (Å²) >= 11 is 2.37. The van der Waals surface area contributed by atoms with Gasteiger partial charge in [0.05, 0.1) is 13.2 Å². The number of nitrogens with one attached hydrogen (secondary N) is 2. The van der Waals surface area contributed by atoms with Crippen LogP contribution in [0, 0.1) is 0 Å². The van der Waals surface area contributed by atoms with Crippen molar-refractivity contribution in [3.8, 4) is 0 Å². The average Bonchev–Trinajstić information content (AvgIpc) is 3.33. The Hall–Kier alpha value is -3.70. The highest BCUT2D eigenvalue weighted by Crippen LogP contribution is 2.41. The summed E-state index contributed by atoms with van der Waals surface area (Å²) in [5.41, 5.74) is 0.343. The minimum absolute atomic E-state index is 0.0453. The van der Waals surface area contributed by atoms with Crippen molar-refractivity contribution in [2.24, 2.45) is 5.16 Å². The number of carbonyl (C=O) groups excluding carboxylic acids is 5. The highest BCUT2D eigenvalue weighted by molar-refractivity contribution is 8.00. The van der Waals surface area contributed by atoms with Crippen molar-refractivity contribution in [3.63, 3.8) is 0 Å². The second-order valence-electron chi connectivity index (χ2n) is 7.44. The van der Waals surface area contributed by atoms with E-state index in [0.29, 0.717) is 17.7 Å². The van der Waals surface area contributed by atoms with E-state index >= 15 is 0 Å². The molecule has 15 nitrogen and oxygen atoms in total. The fourth-order valence-corrected chi connectivity index (χ4v) is 5.46. The number of thiazole rings is 1. The van der Waals surface area contributed by atoms with Crippen LogP contribution in [0.25, 0.3) is 0 Å². The monoisotopic (exact) mass is 571 g/mol. The molecule has 2 aliphatic heterocycles. The van der Waals surface area contributed by atoms with E-state index in [1.165, 1.54) is 43.2 Å². The molecule has 1 aromatic heterocycles. The van der Waals surface area contributed by atoms with Gasteiger partial charge < -0.3 is 34.4 Å². The first-order valence-electron chi connectivity index (χ1n) is 11.0. The molecule has 0 radical (unpaired) electrons. The molecule has 2 N–H and O–H groups in total. The standard InChI is InChI=1S/C21H25N5O10S2/c1-5-34-21(31)36-10(2)35-19(30)15-11(6-32-3)7-37-18-14(17(29)26(15)18)24-16(28)13(25-33-4)12-8-38-20(23-12)22-9-27/h8-10,14,18H,5-7H2,1-4H3,(H,24,28)(H,22,23,27)/t10?,14?,18-/m0/s1. The van der Waals surface area contributed by atoms with Gasteiger partial charge in [-0.25, -0.2) is 14.6 Å². The summed E-state index contributed by atoms with van der Waals surface area (Å²) in [6, 6.07) is -0.999. The molecular formula is C21H25N5O10S2. The highest BCUT2D eigenvalue weighted by Gasteiger charge is 2.55. The van der Waals surface area contributed by atoms with Crippen LogP contribution in [0.1, 0.15) is 19.5 Å². The van der Waals surface area contributed by atoms with Crippen molar-refractivity contribution >= 4 is 64.3 Å². The molecule has 206 valence electrons. The Kier molecular flexibility index (Phi) is 10.0. The highest BCUT2D eigenvalue weighted by atomic mass is 32.2. The molecule has 3 heterocycles. The van der Waals surface area contributed by atoms with Gasteiger partial charge in [-0.3, -0.25) is 19.3 Å². The number of anilines is 1. The second-order valence-corrected chi connectivity index (χ2v) is 9.41. The molecule has 3 atom stereocenters. The van der Waals surface area contributed by atoms with Crippen LogP contribution in [0.15, 0.2) is 21.8 Å². The summed E-state index contributed by atoms with van der Waals surface area (Å²) in [6.45, 7) is 3.04. The lowest BCUT2D eigenvalue weighted by Crippen LogP contribution is -2.71. The smallest absolute Gasteiger partial charge is 0.435 e. The third-order valence-electron chi connectivity index (χ3n) is 4.97. The number of aromatic nitrogens is 1. The molecule has 2 unspecified atom stereocenters. The SMILES string of the molecule is CCOC(=O)OC(C)OC(=O)C1=C(COC)CS[C@H]2C(NC(=O)C(=NOC)c3csc(NC=O)n3)C(=O)N12. The van der Waals surface area contributed by atoms with Gasteiger partial charge in [-0.2, -0.15) is 0 Å². The van der Waals surface area contributed by atoms with Crippen LogP contribution >= 0.6 is 23.1 Å². The van der Waals surface area contributed by atoms with E-state index in [2.05, 4.69) is 25.5 Å². The van der Waals surface area contributed by atoms with Crippen molar-refractivity contribution in [3.05, 3.63) is 22.3 Å². The van der Waals surface area contributed by atoms with Crippen LogP contribution in [-0.4, -0.2) is 96.8 Å². The largest absolute Gasteiger partial charge is 0.511 e. The number of amides is 3. The number of hydrogen-bond donors (Lipinski definition) is 2. The normalized spacial score (nSPS) is 19.5. The summed E-state index contributed by atoms with van der Waals surface area (Å²) in [5, 5.41) is 9.76. The minimum atomic E-state index is -1.29. The summed E-state index contributed by atoms with van der Waals surface area (Å²) in [6.07, 6.45) is -1.86. The van der Waals surface area contributed by atoms with Crippen LogP contribution in [0.4, 0.5) is 9.93 Å². The molecule has 0 aliphatic carbocycles. The maximum Gasteiger partial charge on any atom is 0.511 e. The molecule has 1 fully saturated rings. The molecule has 2 aliphatic rings. The Morgan fingerprint density at radius 3 is 2.74 bits per heavy atom. The molecule has 0 aromatic carbocycles. The van der Waals surface area contributed by atoms with Crippen molar-refractivity contribution in [1.82, 2.24) is 15.2 Å². The van der Waals surface area contributed by atoms with Crippen LogP contribution in [0.3, 0.4) is 0 Å².